The third kappa shape index (κ3) is 4.79. The molecule has 1 heterocycles. The van der Waals surface area contributed by atoms with Crippen molar-refractivity contribution < 1.29 is 18.9 Å². The zero-order chi connectivity index (χ0) is 21.5. The Morgan fingerprint density at radius 1 is 1.13 bits per heavy atom. The molecule has 0 spiro atoms. The summed E-state index contributed by atoms with van der Waals surface area (Å²) < 4.78 is 22.4. The summed E-state index contributed by atoms with van der Waals surface area (Å²) >= 11 is 0. The van der Waals surface area contributed by atoms with Crippen LogP contribution in [0.5, 0.6) is 17.2 Å². The summed E-state index contributed by atoms with van der Waals surface area (Å²) in [6, 6.07) is 12.2. The molecule has 7 heteroatoms. The molecule has 30 heavy (non-hydrogen) atoms. The fraction of sp³-hybridized carbons (Fsp3) is 0.435. The first-order chi connectivity index (χ1) is 14.6. The Balaban J connectivity index is 1.71. The molecule has 1 unspecified atom stereocenters. The number of hydrogen-bond donors (Lipinski definition) is 1. The number of rotatable bonds is 6. The van der Waals surface area contributed by atoms with Gasteiger partial charge in [0, 0.05) is 20.1 Å². The molecule has 1 atom stereocenters. The van der Waals surface area contributed by atoms with Gasteiger partial charge in [-0.05, 0) is 35.7 Å². The van der Waals surface area contributed by atoms with Crippen molar-refractivity contribution in [2.75, 3.05) is 48.1 Å². The minimum absolute atomic E-state index is 0.0275. The lowest BCUT2D eigenvalue weighted by atomic mass is 10.0. The molecule has 3 rings (SSSR count). The van der Waals surface area contributed by atoms with Crippen LogP contribution in [-0.2, 0) is 11.3 Å². The third-order valence-electron chi connectivity index (χ3n) is 5.29. The van der Waals surface area contributed by atoms with E-state index in [4.69, 9.17) is 18.9 Å². The maximum absolute atomic E-state index is 6.05. The van der Waals surface area contributed by atoms with Gasteiger partial charge >= 0.3 is 0 Å². The number of hydrogen-bond acceptors (Lipinski definition) is 5. The van der Waals surface area contributed by atoms with Gasteiger partial charge in [-0.1, -0.05) is 24.3 Å². The standard InChI is InChI=1S/C23H31N3O4/c1-16-8-6-7-9-18(16)21-15-26(10-11-30-21)23(24-2)25-14-17-12-19(27-3)22(29-5)20(13-17)28-4/h6-9,12-13,21H,10-11,14-15H2,1-5H3,(H,24,25). The van der Waals surface area contributed by atoms with E-state index in [-0.39, 0.29) is 6.10 Å². The summed E-state index contributed by atoms with van der Waals surface area (Å²) in [6.45, 7) is 4.89. The molecule has 0 aliphatic carbocycles. The molecular formula is C23H31N3O4. The fourth-order valence-corrected chi connectivity index (χ4v) is 3.73. The molecule has 1 N–H and O–H groups in total. The van der Waals surface area contributed by atoms with Crippen molar-refractivity contribution in [1.82, 2.24) is 10.2 Å². The highest BCUT2D eigenvalue weighted by Gasteiger charge is 2.25. The summed E-state index contributed by atoms with van der Waals surface area (Å²) in [5.74, 6) is 2.69. The normalized spacial score (nSPS) is 16.9. The zero-order valence-corrected chi connectivity index (χ0v) is 18.4. The molecule has 0 radical (unpaired) electrons. The van der Waals surface area contributed by atoms with E-state index in [1.165, 1.54) is 11.1 Å². The second kappa shape index (κ2) is 10.2. The van der Waals surface area contributed by atoms with E-state index < -0.39 is 0 Å². The van der Waals surface area contributed by atoms with Gasteiger partial charge in [0.1, 0.15) is 6.10 Å². The van der Waals surface area contributed by atoms with Crippen LogP contribution in [0.4, 0.5) is 0 Å². The molecule has 0 saturated carbocycles. The van der Waals surface area contributed by atoms with E-state index in [2.05, 4.69) is 46.4 Å². The average molecular weight is 414 g/mol. The number of benzene rings is 2. The molecular weight excluding hydrogens is 382 g/mol. The molecule has 1 fully saturated rings. The van der Waals surface area contributed by atoms with E-state index in [1.807, 2.05) is 12.1 Å². The number of aryl methyl sites for hydroxylation is 1. The molecule has 0 bridgehead atoms. The van der Waals surface area contributed by atoms with Gasteiger partial charge in [-0.3, -0.25) is 4.99 Å². The number of aliphatic imine (C=N–C) groups is 1. The first-order valence-electron chi connectivity index (χ1n) is 10.0. The van der Waals surface area contributed by atoms with Gasteiger partial charge in [-0.15, -0.1) is 0 Å². The molecule has 2 aromatic rings. The van der Waals surface area contributed by atoms with Crippen LogP contribution >= 0.6 is 0 Å². The van der Waals surface area contributed by atoms with E-state index in [9.17, 15) is 0 Å². The molecule has 7 nitrogen and oxygen atoms in total. The van der Waals surface area contributed by atoms with Gasteiger partial charge in [0.15, 0.2) is 17.5 Å². The Morgan fingerprint density at radius 3 is 2.43 bits per heavy atom. The third-order valence-corrected chi connectivity index (χ3v) is 5.29. The first kappa shape index (κ1) is 21.8. The van der Waals surface area contributed by atoms with Crippen LogP contribution in [0.3, 0.4) is 0 Å². The van der Waals surface area contributed by atoms with Gasteiger partial charge in [-0.2, -0.15) is 0 Å². The molecule has 1 saturated heterocycles. The van der Waals surface area contributed by atoms with Crippen molar-refractivity contribution in [3.63, 3.8) is 0 Å². The topological polar surface area (TPSA) is 64.6 Å². The predicted molar refractivity (Wildman–Crippen MR) is 118 cm³/mol. The smallest absolute Gasteiger partial charge is 0.203 e. The van der Waals surface area contributed by atoms with Gasteiger partial charge in [0.05, 0.1) is 34.5 Å². The minimum Gasteiger partial charge on any atom is -0.493 e. The summed E-state index contributed by atoms with van der Waals surface area (Å²) in [7, 11) is 6.64. The van der Waals surface area contributed by atoms with Crippen LogP contribution in [0.25, 0.3) is 0 Å². The number of nitrogens with zero attached hydrogens (tertiary/aromatic N) is 2. The summed E-state index contributed by atoms with van der Waals surface area (Å²) in [5, 5.41) is 3.45. The van der Waals surface area contributed by atoms with Crippen LogP contribution in [0.1, 0.15) is 22.8 Å². The number of methoxy groups -OCH3 is 3. The zero-order valence-electron chi connectivity index (χ0n) is 18.4. The number of ether oxygens (including phenoxy) is 4. The van der Waals surface area contributed by atoms with Crippen LogP contribution in [0.2, 0.25) is 0 Å². The van der Waals surface area contributed by atoms with Crippen LogP contribution in [-0.4, -0.2) is 58.9 Å². The van der Waals surface area contributed by atoms with E-state index in [0.717, 1.165) is 24.6 Å². The minimum atomic E-state index is 0.0275. The van der Waals surface area contributed by atoms with Gasteiger partial charge in [-0.25, -0.2) is 0 Å². The van der Waals surface area contributed by atoms with Gasteiger partial charge in [0.2, 0.25) is 5.75 Å². The number of nitrogens with one attached hydrogen (secondary N) is 1. The lowest BCUT2D eigenvalue weighted by molar-refractivity contribution is -0.00833. The highest BCUT2D eigenvalue weighted by atomic mass is 16.5. The van der Waals surface area contributed by atoms with E-state index in [1.54, 1.807) is 28.4 Å². The first-order valence-corrected chi connectivity index (χ1v) is 10.0. The summed E-state index contributed by atoms with van der Waals surface area (Å²) in [4.78, 5) is 6.72. The van der Waals surface area contributed by atoms with Crippen molar-refractivity contribution in [3.05, 3.63) is 53.1 Å². The Morgan fingerprint density at radius 2 is 1.83 bits per heavy atom. The second-order valence-electron chi connectivity index (χ2n) is 7.10. The lowest BCUT2D eigenvalue weighted by Crippen LogP contribution is -2.48. The van der Waals surface area contributed by atoms with Crippen molar-refractivity contribution in [2.24, 2.45) is 4.99 Å². The van der Waals surface area contributed by atoms with Crippen molar-refractivity contribution >= 4 is 5.96 Å². The van der Waals surface area contributed by atoms with Crippen LogP contribution in [0.15, 0.2) is 41.4 Å². The summed E-state index contributed by atoms with van der Waals surface area (Å²) in [6.07, 6.45) is 0.0275. The largest absolute Gasteiger partial charge is 0.493 e. The predicted octanol–water partition coefficient (Wildman–Crippen LogP) is 3.17. The molecule has 2 aromatic carbocycles. The SMILES string of the molecule is CN=C(NCc1cc(OC)c(OC)c(OC)c1)N1CCOC(c2ccccc2C)C1. The average Bonchev–Trinajstić information content (AvgIpc) is 2.79. The van der Waals surface area contributed by atoms with Crippen molar-refractivity contribution in [1.29, 1.82) is 0 Å². The molecule has 1 aliphatic rings. The van der Waals surface area contributed by atoms with Crippen molar-refractivity contribution in [2.45, 2.75) is 19.6 Å². The van der Waals surface area contributed by atoms with Crippen LogP contribution < -0.4 is 19.5 Å². The Hall–Kier alpha value is -2.93. The van der Waals surface area contributed by atoms with Crippen LogP contribution in [0, 0.1) is 6.92 Å². The highest BCUT2D eigenvalue weighted by molar-refractivity contribution is 5.80. The summed E-state index contributed by atoms with van der Waals surface area (Å²) in [5.41, 5.74) is 3.47. The van der Waals surface area contributed by atoms with Gasteiger partial charge < -0.3 is 29.2 Å². The number of guanidine groups is 1. The fourth-order valence-electron chi connectivity index (χ4n) is 3.73. The molecule has 0 amide bonds. The maximum atomic E-state index is 6.05. The Bertz CT molecular complexity index is 859. The van der Waals surface area contributed by atoms with Gasteiger partial charge in [0.25, 0.3) is 0 Å². The number of morpholine rings is 1. The van der Waals surface area contributed by atoms with E-state index in [0.29, 0.717) is 30.4 Å². The maximum Gasteiger partial charge on any atom is 0.203 e. The lowest BCUT2D eigenvalue weighted by Gasteiger charge is -2.35. The monoisotopic (exact) mass is 413 g/mol. The van der Waals surface area contributed by atoms with E-state index >= 15 is 0 Å². The molecule has 1 aliphatic heterocycles. The Kier molecular flexibility index (Phi) is 7.41. The second-order valence-corrected chi connectivity index (χ2v) is 7.10. The molecule has 162 valence electrons. The quantitative estimate of drug-likeness (QED) is 0.580. The Labute approximate surface area is 178 Å². The van der Waals surface area contributed by atoms with Crippen molar-refractivity contribution in [3.8, 4) is 17.2 Å². The molecule has 0 aromatic heterocycles. The highest BCUT2D eigenvalue weighted by Crippen LogP contribution is 2.38.